The van der Waals surface area contributed by atoms with Crippen LogP contribution < -0.4 is 0 Å². The van der Waals surface area contributed by atoms with Gasteiger partial charge in [0.15, 0.2) is 0 Å². The van der Waals surface area contributed by atoms with Crippen molar-refractivity contribution in [1.82, 2.24) is 0 Å². The maximum Gasteiger partial charge on any atom is 0.0934 e. The molecule has 2 nitrogen and oxygen atoms in total. The third-order valence-electron chi connectivity index (χ3n) is 3.95. The van der Waals surface area contributed by atoms with Gasteiger partial charge in [0.1, 0.15) is 0 Å². The Labute approximate surface area is 101 Å². The summed E-state index contributed by atoms with van der Waals surface area (Å²) in [6.45, 7) is 0.867. The van der Waals surface area contributed by atoms with Gasteiger partial charge in [-0.2, -0.15) is 0 Å². The molecule has 1 aliphatic carbocycles. The molecule has 2 aliphatic rings. The minimum absolute atomic E-state index is 0.145. The highest BCUT2D eigenvalue weighted by atomic mass is 35.5. The second kappa shape index (κ2) is 4.08. The lowest BCUT2D eigenvalue weighted by Gasteiger charge is -2.32. The van der Waals surface area contributed by atoms with Gasteiger partial charge < -0.3 is 9.15 Å². The summed E-state index contributed by atoms with van der Waals surface area (Å²) in [5.74, 6) is 1.45. The molecule has 2 heterocycles. The lowest BCUT2D eigenvalue weighted by atomic mass is 9.76. The first-order chi connectivity index (χ1) is 7.84. The van der Waals surface area contributed by atoms with E-state index in [1.807, 2.05) is 12.3 Å². The summed E-state index contributed by atoms with van der Waals surface area (Å²) < 4.78 is 11.1. The molecule has 0 bridgehead atoms. The quantitative estimate of drug-likeness (QED) is 0.754. The third-order valence-corrected chi connectivity index (χ3v) is 4.49. The van der Waals surface area contributed by atoms with Gasteiger partial charge in [0, 0.05) is 17.9 Å². The van der Waals surface area contributed by atoms with Crippen LogP contribution >= 0.6 is 11.6 Å². The fourth-order valence-corrected chi connectivity index (χ4v) is 3.30. The summed E-state index contributed by atoms with van der Waals surface area (Å²) >= 11 is 6.24. The van der Waals surface area contributed by atoms with Gasteiger partial charge in [0.05, 0.1) is 18.6 Å². The zero-order valence-corrected chi connectivity index (χ0v) is 10.1. The van der Waals surface area contributed by atoms with E-state index in [0.29, 0.717) is 12.0 Å². The highest BCUT2D eigenvalue weighted by Gasteiger charge is 2.50. The molecule has 1 aromatic rings. The molecule has 1 aromatic heterocycles. The zero-order chi connectivity index (χ0) is 11.0. The second-order valence-electron chi connectivity index (χ2n) is 5.18. The summed E-state index contributed by atoms with van der Waals surface area (Å²) in [7, 11) is 0. The molecule has 0 radical (unpaired) electrons. The van der Waals surface area contributed by atoms with Crippen LogP contribution in [-0.2, 0) is 11.2 Å². The standard InChI is InChI=1S/C13H17ClO2/c14-9-13(7-10-3-5-15-8-10)4-6-16-12(13)11-1-2-11/h3,5,8,11-12H,1-2,4,6-7,9H2. The van der Waals surface area contributed by atoms with Crippen molar-refractivity contribution >= 4 is 11.6 Å². The Kier molecular flexibility index (Phi) is 2.72. The first kappa shape index (κ1) is 10.7. The molecule has 2 unspecified atom stereocenters. The van der Waals surface area contributed by atoms with Crippen molar-refractivity contribution in [2.45, 2.75) is 31.8 Å². The van der Waals surface area contributed by atoms with Gasteiger partial charge in [-0.05, 0) is 43.2 Å². The van der Waals surface area contributed by atoms with Crippen LogP contribution in [0.4, 0.5) is 0 Å². The first-order valence-corrected chi connectivity index (χ1v) is 6.56. The molecule has 1 aliphatic heterocycles. The smallest absolute Gasteiger partial charge is 0.0934 e. The van der Waals surface area contributed by atoms with Gasteiger partial charge in [-0.25, -0.2) is 0 Å². The molecule has 2 fully saturated rings. The van der Waals surface area contributed by atoms with E-state index in [9.17, 15) is 0 Å². The Morgan fingerprint density at radius 1 is 1.44 bits per heavy atom. The van der Waals surface area contributed by atoms with E-state index >= 15 is 0 Å². The van der Waals surface area contributed by atoms with Gasteiger partial charge >= 0.3 is 0 Å². The van der Waals surface area contributed by atoms with E-state index in [1.54, 1.807) is 6.26 Å². The van der Waals surface area contributed by atoms with Gasteiger partial charge in [0.25, 0.3) is 0 Å². The van der Waals surface area contributed by atoms with Crippen molar-refractivity contribution in [3.05, 3.63) is 24.2 Å². The van der Waals surface area contributed by atoms with Crippen molar-refractivity contribution in [3.63, 3.8) is 0 Å². The highest BCUT2D eigenvalue weighted by Crippen LogP contribution is 2.49. The Morgan fingerprint density at radius 2 is 2.31 bits per heavy atom. The lowest BCUT2D eigenvalue weighted by Crippen LogP contribution is -2.36. The van der Waals surface area contributed by atoms with Crippen LogP contribution in [0.1, 0.15) is 24.8 Å². The largest absolute Gasteiger partial charge is 0.472 e. The lowest BCUT2D eigenvalue weighted by molar-refractivity contribution is 0.0402. The molecule has 0 N–H and O–H groups in total. The minimum atomic E-state index is 0.145. The van der Waals surface area contributed by atoms with Crippen molar-refractivity contribution in [2.24, 2.45) is 11.3 Å². The van der Waals surface area contributed by atoms with E-state index in [0.717, 1.165) is 25.4 Å². The molecule has 1 saturated carbocycles. The average Bonchev–Trinajstić information content (AvgIpc) is 2.86. The van der Waals surface area contributed by atoms with Crippen LogP contribution in [-0.4, -0.2) is 18.6 Å². The van der Waals surface area contributed by atoms with E-state index < -0.39 is 0 Å². The molecule has 3 rings (SSSR count). The summed E-state index contributed by atoms with van der Waals surface area (Å²) in [5.41, 5.74) is 1.39. The Balaban J connectivity index is 1.80. The van der Waals surface area contributed by atoms with Crippen LogP contribution in [0.15, 0.2) is 23.0 Å². The first-order valence-electron chi connectivity index (χ1n) is 6.03. The maximum atomic E-state index is 6.24. The molecule has 0 amide bonds. The molecular formula is C13H17ClO2. The number of halogens is 1. The zero-order valence-electron chi connectivity index (χ0n) is 9.32. The predicted molar refractivity (Wildman–Crippen MR) is 62.6 cm³/mol. The van der Waals surface area contributed by atoms with Crippen molar-refractivity contribution in [2.75, 3.05) is 12.5 Å². The number of furan rings is 1. The summed E-state index contributed by atoms with van der Waals surface area (Å²) in [6.07, 6.45) is 8.65. The van der Waals surface area contributed by atoms with E-state index in [2.05, 4.69) is 0 Å². The molecule has 0 aromatic carbocycles. The molecule has 3 heteroatoms. The van der Waals surface area contributed by atoms with E-state index in [1.165, 1.54) is 18.4 Å². The summed E-state index contributed by atoms with van der Waals surface area (Å²) in [5, 5.41) is 0. The fraction of sp³-hybridized carbons (Fsp3) is 0.692. The van der Waals surface area contributed by atoms with Crippen LogP contribution in [0.25, 0.3) is 0 Å². The van der Waals surface area contributed by atoms with Gasteiger partial charge in [-0.3, -0.25) is 0 Å². The molecular weight excluding hydrogens is 224 g/mol. The molecule has 1 saturated heterocycles. The monoisotopic (exact) mass is 240 g/mol. The highest BCUT2D eigenvalue weighted by molar-refractivity contribution is 6.18. The van der Waals surface area contributed by atoms with Gasteiger partial charge in [0.2, 0.25) is 0 Å². The molecule has 88 valence electrons. The SMILES string of the molecule is ClCC1(Cc2ccoc2)CCOC1C1CC1. The molecule has 2 atom stereocenters. The van der Waals surface area contributed by atoms with Gasteiger partial charge in [-0.15, -0.1) is 11.6 Å². The van der Waals surface area contributed by atoms with Gasteiger partial charge in [-0.1, -0.05) is 0 Å². The summed E-state index contributed by atoms with van der Waals surface area (Å²) in [6, 6.07) is 2.04. The Bertz CT molecular complexity index is 345. The minimum Gasteiger partial charge on any atom is -0.472 e. The third kappa shape index (κ3) is 1.78. The number of rotatable bonds is 4. The fourth-order valence-electron chi connectivity index (χ4n) is 2.92. The average molecular weight is 241 g/mol. The number of hydrogen-bond acceptors (Lipinski definition) is 2. The Hall–Kier alpha value is -0.470. The van der Waals surface area contributed by atoms with Crippen LogP contribution in [0.2, 0.25) is 0 Å². The van der Waals surface area contributed by atoms with Crippen LogP contribution in [0, 0.1) is 11.3 Å². The van der Waals surface area contributed by atoms with Crippen LogP contribution in [0.5, 0.6) is 0 Å². The van der Waals surface area contributed by atoms with E-state index in [4.69, 9.17) is 20.8 Å². The van der Waals surface area contributed by atoms with Crippen LogP contribution in [0.3, 0.4) is 0 Å². The van der Waals surface area contributed by atoms with Crippen molar-refractivity contribution in [3.8, 4) is 0 Å². The number of ether oxygens (including phenoxy) is 1. The predicted octanol–water partition coefficient (Wildman–Crippen LogP) is 3.25. The van der Waals surface area contributed by atoms with Crippen molar-refractivity contribution < 1.29 is 9.15 Å². The maximum absolute atomic E-state index is 6.24. The summed E-state index contributed by atoms with van der Waals surface area (Å²) in [4.78, 5) is 0. The van der Waals surface area contributed by atoms with E-state index in [-0.39, 0.29) is 5.41 Å². The number of alkyl halides is 1. The molecule has 0 spiro atoms. The topological polar surface area (TPSA) is 22.4 Å². The Morgan fingerprint density at radius 3 is 2.94 bits per heavy atom. The van der Waals surface area contributed by atoms with Crippen molar-refractivity contribution in [1.29, 1.82) is 0 Å². The molecule has 16 heavy (non-hydrogen) atoms. The second-order valence-corrected chi connectivity index (χ2v) is 5.45. The normalized spacial score (nSPS) is 34.4. The number of hydrogen-bond donors (Lipinski definition) is 0.